The first-order valence-electron chi connectivity index (χ1n) is 8.92. The number of aromatic nitrogens is 3. The molecular formula is C19H20ClN5O3. The second-order valence-corrected chi connectivity index (χ2v) is 6.92. The van der Waals surface area contributed by atoms with Crippen LogP contribution in [-0.4, -0.2) is 59.6 Å². The lowest BCUT2D eigenvalue weighted by Gasteiger charge is -2.27. The fraction of sp³-hybridized carbons (Fsp3) is 0.316. The molecule has 3 aromatic rings. The smallest absolute Gasteiger partial charge is 0.259 e. The maximum atomic E-state index is 12.8. The standard InChI is InChI=1S/C19H20ClN5O3/c1-27-18-10-17-16(22-24-23-17)9-14(18)19(26)21-13-3-2-12(15(20)8-13)11-25-4-6-28-7-5-25/h2-3,8-10H,4-7,11H2,1H3,(H,21,26)(H,22,23,24). The molecule has 0 atom stereocenters. The summed E-state index contributed by atoms with van der Waals surface area (Å²) in [5.74, 6) is 0.118. The largest absolute Gasteiger partial charge is 0.496 e. The Balaban J connectivity index is 1.50. The number of nitrogens with zero attached hydrogens (tertiary/aromatic N) is 3. The molecule has 8 nitrogen and oxygen atoms in total. The summed E-state index contributed by atoms with van der Waals surface area (Å²) in [7, 11) is 1.51. The number of fused-ring (bicyclic) bond motifs is 1. The van der Waals surface area contributed by atoms with E-state index in [4.69, 9.17) is 21.1 Å². The minimum absolute atomic E-state index is 0.307. The molecule has 2 aromatic carbocycles. The summed E-state index contributed by atoms with van der Waals surface area (Å²) in [6.45, 7) is 4.01. The first-order valence-corrected chi connectivity index (χ1v) is 9.30. The monoisotopic (exact) mass is 401 g/mol. The third-order valence-electron chi connectivity index (χ3n) is 4.69. The Morgan fingerprint density at radius 2 is 2.00 bits per heavy atom. The molecule has 1 aliphatic rings. The summed E-state index contributed by atoms with van der Waals surface area (Å²) in [6.07, 6.45) is 0. The van der Waals surface area contributed by atoms with Crippen molar-refractivity contribution in [1.82, 2.24) is 20.3 Å². The molecule has 0 spiro atoms. The zero-order valence-corrected chi connectivity index (χ0v) is 16.1. The number of carbonyl (C=O) groups is 1. The van der Waals surface area contributed by atoms with Gasteiger partial charge in [0, 0.05) is 36.4 Å². The van der Waals surface area contributed by atoms with E-state index < -0.39 is 0 Å². The topological polar surface area (TPSA) is 92.4 Å². The number of ether oxygens (including phenoxy) is 2. The van der Waals surface area contributed by atoms with Gasteiger partial charge in [0.15, 0.2) is 0 Å². The number of hydrogen-bond donors (Lipinski definition) is 2. The van der Waals surface area contributed by atoms with Crippen LogP contribution in [0.15, 0.2) is 30.3 Å². The number of rotatable bonds is 5. The van der Waals surface area contributed by atoms with Crippen LogP contribution in [0.5, 0.6) is 5.75 Å². The molecule has 2 N–H and O–H groups in total. The van der Waals surface area contributed by atoms with Crippen LogP contribution in [0.25, 0.3) is 11.0 Å². The van der Waals surface area contributed by atoms with Gasteiger partial charge in [0.05, 0.1) is 25.9 Å². The fourth-order valence-electron chi connectivity index (χ4n) is 3.17. The molecular weight excluding hydrogens is 382 g/mol. The average molecular weight is 402 g/mol. The zero-order valence-electron chi connectivity index (χ0n) is 15.4. The van der Waals surface area contributed by atoms with E-state index in [1.54, 1.807) is 18.2 Å². The van der Waals surface area contributed by atoms with Gasteiger partial charge in [-0.05, 0) is 23.8 Å². The summed E-state index contributed by atoms with van der Waals surface area (Å²) in [4.78, 5) is 15.1. The summed E-state index contributed by atoms with van der Waals surface area (Å²) < 4.78 is 10.7. The van der Waals surface area contributed by atoms with Gasteiger partial charge in [-0.3, -0.25) is 9.69 Å². The number of amides is 1. The lowest BCUT2D eigenvalue weighted by atomic mass is 10.1. The number of methoxy groups -OCH3 is 1. The SMILES string of the molecule is COc1cc2n[nH]nc2cc1C(=O)Nc1ccc(CN2CCOCC2)c(Cl)c1. The third-order valence-corrected chi connectivity index (χ3v) is 5.04. The van der Waals surface area contributed by atoms with E-state index in [2.05, 4.69) is 25.6 Å². The molecule has 1 aliphatic heterocycles. The van der Waals surface area contributed by atoms with Crippen LogP contribution in [0.4, 0.5) is 5.69 Å². The van der Waals surface area contributed by atoms with E-state index in [9.17, 15) is 4.79 Å². The highest BCUT2D eigenvalue weighted by Gasteiger charge is 2.17. The summed E-state index contributed by atoms with van der Waals surface area (Å²) in [5.41, 5.74) is 3.22. The molecule has 9 heteroatoms. The Bertz CT molecular complexity index is 1000. The molecule has 0 saturated carbocycles. The van der Waals surface area contributed by atoms with Crippen LogP contribution in [-0.2, 0) is 11.3 Å². The Kier molecular flexibility index (Phi) is 5.43. The highest BCUT2D eigenvalue weighted by molar-refractivity contribution is 6.31. The number of halogens is 1. The van der Waals surface area contributed by atoms with Crippen molar-refractivity contribution in [1.29, 1.82) is 0 Å². The van der Waals surface area contributed by atoms with Crippen molar-refractivity contribution in [2.45, 2.75) is 6.54 Å². The molecule has 1 fully saturated rings. The maximum Gasteiger partial charge on any atom is 0.259 e. The number of hydrogen-bond acceptors (Lipinski definition) is 6. The van der Waals surface area contributed by atoms with Gasteiger partial charge >= 0.3 is 0 Å². The van der Waals surface area contributed by atoms with Crippen molar-refractivity contribution in [3.8, 4) is 5.75 Å². The van der Waals surface area contributed by atoms with Gasteiger partial charge in [-0.1, -0.05) is 17.7 Å². The molecule has 1 amide bonds. The van der Waals surface area contributed by atoms with E-state index >= 15 is 0 Å². The third kappa shape index (κ3) is 3.94. The lowest BCUT2D eigenvalue weighted by Crippen LogP contribution is -2.35. The average Bonchev–Trinajstić information content (AvgIpc) is 3.17. The van der Waals surface area contributed by atoms with Gasteiger partial charge in [-0.2, -0.15) is 15.4 Å². The minimum Gasteiger partial charge on any atom is -0.496 e. The minimum atomic E-state index is -0.307. The normalized spacial score (nSPS) is 14.9. The van der Waals surface area contributed by atoms with Crippen molar-refractivity contribution in [3.63, 3.8) is 0 Å². The molecule has 0 unspecified atom stereocenters. The quantitative estimate of drug-likeness (QED) is 0.683. The molecule has 4 rings (SSSR count). The van der Waals surface area contributed by atoms with E-state index in [-0.39, 0.29) is 5.91 Å². The zero-order chi connectivity index (χ0) is 19.5. The van der Waals surface area contributed by atoms with E-state index in [1.165, 1.54) is 7.11 Å². The lowest BCUT2D eigenvalue weighted by molar-refractivity contribution is 0.0342. The molecule has 1 aromatic heterocycles. The number of anilines is 1. The van der Waals surface area contributed by atoms with Crippen LogP contribution in [0.2, 0.25) is 5.02 Å². The number of nitrogens with one attached hydrogen (secondary N) is 2. The van der Waals surface area contributed by atoms with E-state index in [0.717, 1.165) is 38.4 Å². The van der Waals surface area contributed by atoms with Crippen molar-refractivity contribution in [2.75, 3.05) is 38.7 Å². The second kappa shape index (κ2) is 8.14. The molecule has 146 valence electrons. The molecule has 0 radical (unpaired) electrons. The van der Waals surface area contributed by atoms with Crippen molar-refractivity contribution in [2.24, 2.45) is 0 Å². The van der Waals surface area contributed by atoms with Gasteiger partial charge in [0.25, 0.3) is 5.91 Å². The number of H-pyrrole nitrogens is 1. The summed E-state index contributed by atoms with van der Waals surface area (Å²) in [5, 5.41) is 14.0. The van der Waals surface area contributed by atoms with Crippen molar-refractivity contribution < 1.29 is 14.3 Å². The second-order valence-electron chi connectivity index (χ2n) is 6.51. The molecule has 0 bridgehead atoms. The number of carbonyl (C=O) groups excluding carboxylic acids is 1. The van der Waals surface area contributed by atoms with Crippen molar-refractivity contribution in [3.05, 3.63) is 46.5 Å². The predicted octanol–water partition coefficient (Wildman–Crippen LogP) is 2.70. The Morgan fingerprint density at radius 3 is 2.71 bits per heavy atom. The van der Waals surface area contributed by atoms with Crippen LogP contribution in [0.3, 0.4) is 0 Å². The van der Waals surface area contributed by atoms with E-state index in [1.807, 2.05) is 12.1 Å². The van der Waals surface area contributed by atoms with E-state index in [0.29, 0.717) is 33.1 Å². The first kappa shape index (κ1) is 18.7. The van der Waals surface area contributed by atoms with Crippen molar-refractivity contribution >= 4 is 34.2 Å². The number of aromatic amines is 1. The van der Waals surface area contributed by atoms with Gasteiger partial charge in [0.1, 0.15) is 16.8 Å². The highest BCUT2D eigenvalue weighted by Crippen LogP contribution is 2.26. The number of benzene rings is 2. The molecule has 2 heterocycles. The Hall–Kier alpha value is -2.68. The molecule has 28 heavy (non-hydrogen) atoms. The van der Waals surface area contributed by atoms with Crippen LogP contribution in [0, 0.1) is 0 Å². The molecule has 1 saturated heterocycles. The molecule has 0 aliphatic carbocycles. The first-order chi connectivity index (χ1) is 13.6. The highest BCUT2D eigenvalue weighted by atomic mass is 35.5. The number of morpholine rings is 1. The van der Waals surface area contributed by atoms with Gasteiger partial charge in [-0.25, -0.2) is 0 Å². The predicted molar refractivity (Wildman–Crippen MR) is 106 cm³/mol. The van der Waals surface area contributed by atoms with Crippen LogP contribution < -0.4 is 10.1 Å². The van der Waals surface area contributed by atoms with Gasteiger partial charge in [0.2, 0.25) is 0 Å². The fourth-order valence-corrected chi connectivity index (χ4v) is 3.41. The summed E-state index contributed by atoms with van der Waals surface area (Å²) in [6, 6.07) is 8.86. The Morgan fingerprint density at radius 1 is 1.25 bits per heavy atom. The maximum absolute atomic E-state index is 12.8. The van der Waals surface area contributed by atoms with Gasteiger partial charge in [-0.15, -0.1) is 0 Å². The van der Waals surface area contributed by atoms with Crippen LogP contribution >= 0.6 is 11.6 Å². The van der Waals surface area contributed by atoms with Gasteiger partial charge < -0.3 is 14.8 Å². The summed E-state index contributed by atoms with van der Waals surface area (Å²) >= 11 is 6.44. The Labute approximate surface area is 166 Å². The van der Waals surface area contributed by atoms with Crippen LogP contribution in [0.1, 0.15) is 15.9 Å².